The molecule has 302 valence electrons. The van der Waals surface area contributed by atoms with Crippen LogP contribution in [0, 0.1) is 31.3 Å². The predicted octanol–water partition coefficient (Wildman–Crippen LogP) is 10.6. The summed E-state index contributed by atoms with van der Waals surface area (Å²) in [5.74, 6) is -0.147. The quantitative estimate of drug-likeness (QED) is 0.0884. The molecule has 0 atom stereocenters. The molecule has 2 aromatic heterocycles. The molecule has 55 heavy (non-hydrogen) atoms. The van der Waals surface area contributed by atoms with Gasteiger partial charge in [-0.15, -0.1) is 0 Å². The summed E-state index contributed by atoms with van der Waals surface area (Å²) >= 11 is 3.67. The highest BCUT2D eigenvalue weighted by Gasteiger charge is 2.74. The van der Waals surface area contributed by atoms with E-state index < -0.39 is 47.2 Å². The normalized spacial score (nSPS) is 14.4. The molecule has 5 rings (SSSR count). The van der Waals surface area contributed by atoms with Crippen molar-refractivity contribution in [3.63, 3.8) is 0 Å². The fraction of sp³-hybridized carbons (Fsp3) is 0.375. The number of hydrogen-bond donors (Lipinski definition) is 0. The summed E-state index contributed by atoms with van der Waals surface area (Å²) in [6.45, 7) is 5.18. The van der Waals surface area contributed by atoms with Crippen LogP contribution in [-0.2, 0) is 20.9 Å². The third-order valence-corrected chi connectivity index (χ3v) is 9.48. The van der Waals surface area contributed by atoms with Gasteiger partial charge >= 0.3 is 36.0 Å². The molecule has 2 aromatic carbocycles. The molecule has 2 amide bonds. The Bertz CT molecular complexity index is 1930. The first kappa shape index (κ1) is 45.9. The minimum absolute atomic E-state index is 0.0409. The highest BCUT2D eigenvalue weighted by atomic mass is 127. The minimum atomic E-state index is -6.13. The second-order valence-corrected chi connectivity index (χ2v) is 14.1. The lowest BCUT2D eigenvalue weighted by Crippen LogP contribution is -2.50. The molecule has 1 saturated heterocycles. The van der Waals surface area contributed by atoms with Crippen LogP contribution in [0.2, 0.25) is 0 Å². The van der Waals surface area contributed by atoms with Crippen molar-refractivity contribution in [1.29, 1.82) is 0 Å². The molecular formula is C32H25F14I2N5O2. The van der Waals surface area contributed by atoms with Crippen molar-refractivity contribution in [2.75, 3.05) is 0 Å². The van der Waals surface area contributed by atoms with E-state index in [2.05, 4.69) is 10.2 Å². The first-order valence-electron chi connectivity index (χ1n) is 15.0. The maximum atomic E-state index is 14.2. The number of aryl methyl sites for hydroxylation is 4. The highest BCUT2D eigenvalue weighted by Crippen LogP contribution is 2.55. The molecule has 0 unspecified atom stereocenters. The van der Waals surface area contributed by atoms with Crippen molar-refractivity contribution >= 4 is 57.3 Å². The number of imide groups is 1. The zero-order valence-electron chi connectivity index (χ0n) is 28.2. The van der Waals surface area contributed by atoms with Gasteiger partial charge < -0.3 is 0 Å². The molecule has 1 aliphatic heterocycles. The Kier molecular flexibility index (Phi) is 13.5. The van der Waals surface area contributed by atoms with Gasteiger partial charge in [0.25, 0.3) is 0 Å². The SMILES string of the molecule is Cc1cc(C(F)(C(F)(F)F)C(F)(F)F)cc(C)c1-n1cc(I)cn1.Cc1cc(C(F)(C(F)(F)F)C(F)(F)F)cc(C)c1-n1cccn1.O=C1CCC(=O)N1I. The van der Waals surface area contributed by atoms with E-state index in [1.165, 1.54) is 61.7 Å². The smallest absolute Gasteiger partial charge is 0.274 e. The Balaban J connectivity index is 0.000000246. The van der Waals surface area contributed by atoms with Gasteiger partial charge in [-0.3, -0.25) is 9.59 Å². The van der Waals surface area contributed by atoms with Crippen LogP contribution in [0.1, 0.15) is 46.2 Å². The van der Waals surface area contributed by atoms with E-state index in [1.807, 2.05) is 22.6 Å². The summed E-state index contributed by atoms with van der Waals surface area (Å²) in [6, 6.07) is 3.74. The molecule has 0 aliphatic carbocycles. The summed E-state index contributed by atoms with van der Waals surface area (Å²) in [4.78, 5) is 21.0. The Labute approximate surface area is 329 Å². The van der Waals surface area contributed by atoms with Crippen LogP contribution in [0.5, 0.6) is 0 Å². The van der Waals surface area contributed by atoms with Gasteiger partial charge in [0.1, 0.15) is 0 Å². The van der Waals surface area contributed by atoms with E-state index in [9.17, 15) is 71.1 Å². The van der Waals surface area contributed by atoms with Crippen LogP contribution < -0.4 is 0 Å². The van der Waals surface area contributed by atoms with Crippen LogP contribution in [0.25, 0.3) is 11.4 Å². The molecule has 0 spiro atoms. The number of nitrogens with zero attached hydrogens (tertiary/aromatic N) is 5. The molecule has 0 bridgehead atoms. The predicted molar refractivity (Wildman–Crippen MR) is 184 cm³/mol. The number of halogens is 16. The molecule has 0 radical (unpaired) electrons. The van der Waals surface area contributed by atoms with Crippen LogP contribution >= 0.6 is 45.5 Å². The van der Waals surface area contributed by atoms with Gasteiger partial charge in [0.15, 0.2) is 0 Å². The van der Waals surface area contributed by atoms with E-state index in [-0.39, 0.29) is 34.1 Å². The largest absolute Gasteiger partial charge is 0.435 e. The zero-order chi connectivity index (χ0) is 42.3. The summed E-state index contributed by atoms with van der Waals surface area (Å²) in [5.41, 5.74) is -13.1. The van der Waals surface area contributed by atoms with Crippen LogP contribution in [0.4, 0.5) is 61.5 Å². The number of aromatic nitrogens is 4. The summed E-state index contributed by atoms with van der Waals surface area (Å²) in [7, 11) is 0. The van der Waals surface area contributed by atoms with Gasteiger partial charge in [-0.2, -0.15) is 62.9 Å². The average molecular weight is 1030 g/mol. The average Bonchev–Trinajstić information content (AvgIpc) is 3.78. The molecular weight excluding hydrogens is 1010 g/mol. The standard InChI is InChI=1S/C14H10F7IN2.C14H11F7N2.C4H4INO2/c1-7-3-9(12(15,13(16,17)18)14(19,20)21)4-8(2)11(7)24-6-10(22)5-23-24;1-8-6-10(12(15,13(16,17)18)14(19,20)21)7-9(2)11(8)23-5-3-4-22-23;5-6-3(7)1-2-4(6)8/h3-6H,1-2H3;3-7H,1-2H3;1-2H2. The van der Waals surface area contributed by atoms with Gasteiger partial charge in [0, 0.05) is 42.6 Å². The monoisotopic (exact) mass is 1030 g/mol. The molecule has 7 nitrogen and oxygen atoms in total. The lowest BCUT2D eigenvalue weighted by molar-refractivity contribution is -0.349. The zero-order valence-corrected chi connectivity index (χ0v) is 32.5. The number of amides is 2. The molecule has 0 N–H and O–H groups in total. The van der Waals surface area contributed by atoms with Gasteiger partial charge in [-0.1, -0.05) is 24.3 Å². The van der Waals surface area contributed by atoms with Crippen molar-refractivity contribution in [3.8, 4) is 11.4 Å². The van der Waals surface area contributed by atoms with E-state index >= 15 is 0 Å². The Morgan fingerprint density at radius 1 is 0.582 bits per heavy atom. The number of carbonyl (C=O) groups excluding carboxylic acids is 2. The summed E-state index contributed by atoms with van der Waals surface area (Å²) in [6.07, 6.45) is -17.8. The first-order chi connectivity index (χ1) is 24.9. The first-order valence-corrected chi connectivity index (χ1v) is 17.0. The van der Waals surface area contributed by atoms with E-state index in [1.54, 1.807) is 29.1 Å². The van der Waals surface area contributed by atoms with Crippen molar-refractivity contribution in [3.05, 3.63) is 92.1 Å². The maximum Gasteiger partial charge on any atom is 0.435 e. The van der Waals surface area contributed by atoms with Gasteiger partial charge in [-0.25, -0.2) is 21.3 Å². The lowest BCUT2D eigenvalue weighted by Gasteiger charge is -2.31. The second-order valence-electron chi connectivity index (χ2n) is 11.8. The molecule has 23 heteroatoms. The number of alkyl halides is 14. The Morgan fingerprint density at radius 3 is 1.16 bits per heavy atom. The van der Waals surface area contributed by atoms with E-state index in [0.29, 0.717) is 48.5 Å². The Morgan fingerprint density at radius 2 is 0.927 bits per heavy atom. The lowest BCUT2D eigenvalue weighted by atomic mass is 9.90. The van der Waals surface area contributed by atoms with E-state index in [0.717, 1.165) is 6.68 Å². The fourth-order valence-electron chi connectivity index (χ4n) is 5.38. The number of hydrogen-bond acceptors (Lipinski definition) is 4. The third-order valence-electron chi connectivity index (χ3n) is 7.84. The fourth-order valence-corrected chi connectivity index (χ4v) is 6.25. The Hall–Kier alpha value is -3.52. The van der Waals surface area contributed by atoms with Gasteiger partial charge in [-0.05, 0) is 78.6 Å². The van der Waals surface area contributed by atoms with Crippen LogP contribution in [0.3, 0.4) is 0 Å². The number of benzene rings is 2. The van der Waals surface area contributed by atoms with Crippen LogP contribution in [0.15, 0.2) is 55.1 Å². The van der Waals surface area contributed by atoms with Crippen molar-refractivity contribution < 1.29 is 71.1 Å². The minimum Gasteiger partial charge on any atom is -0.274 e. The van der Waals surface area contributed by atoms with E-state index in [4.69, 9.17) is 0 Å². The summed E-state index contributed by atoms with van der Waals surface area (Å²) in [5, 5.41) is 7.84. The topological polar surface area (TPSA) is 73.0 Å². The third kappa shape index (κ3) is 9.21. The highest BCUT2D eigenvalue weighted by molar-refractivity contribution is 14.1. The molecule has 3 heterocycles. The number of rotatable bonds is 4. The maximum absolute atomic E-state index is 14.2. The molecule has 1 aliphatic rings. The van der Waals surface area contributed by atoms with Gasteiger partial charge in [0.05, 0.1) is 44.0 Å². The van der Waals surface area contributed by atoms with Crippen molar-refractivity contribution in [1.82, 2.24) is 22.7 Å². The van der Waals surface area contributed by atoms with Crippen LogP contribution in [-0.4, -0.2) is 59.2 Å². The number of carbonyl (C=O) groups is 2. The molecule has 1 fully saturated rings. The van der Waals surface area contributed by atoms with Crippen molar-refractivity contribution in [2.45, 2.75) is 76.6 Å². The molecule has 4 aromatic rings. The second kappa shape index (κ2) is 16.1. The summed E-state index contributed by atoms with van der Waals surface area (Å²) < 4.78 is 187. The van der Waals surface area contributed by atoms with Gasteiger partial charge in [0.2, 0.25) is 11.8 Å². The van der Waals surface area contributed by atoms with Crippen molar-refractivity contribution in [2.24, 2.45) is 0 Å². The molecule has 0 saturated carbocycles.